The van der Waals surface area contributed by atoms with Gasteiger partial charge in [-0.25, -0.2) is 0 Å². The van der Waals surface area contributed by atoms with Gasteiger partial charge in [-0.05, 0) is 54.2 Å². The molecule has 0 bridgehead atoms. The monoisotopic (exact) mass is 312 g/mol. The smallest absolute Gasteiger partial charge is 0.321 e. The molecule has 1 aromatic rings. The first-order chi connectivity index (χ1) is 7.66. The second-order valence-corrected chi connectivity index (χ2v) is 6.56. The fourth-order valence-corrected chi connectivity index (χ4v) is 3.29. The summed E-state index contributed by atoms with van der Waals surface area (Å²) in [5.41, 5.74) is 2.08. The SMILES string of the molecule is Cc1cc(C)c2c(c1)OC(Cl)(Cl)C(=O)C2(Cl)Cl. The Morgan fingerprint density at radius 1 is 1.12 bits per heavy atom. The minimum Gasteiger partial charge on any atom is -0.451 e. The van der Waals surface area contributed by atoms with E-state index in [1.165, 1.54) is 0 Å². The number of ether oxygens (including phenoxy) is 1. The minimum absolute atomic E-state index is 0.331. The molecule has 1 heterocycles. The lowest BCUT2D eigenvalue weighted by atomic mass is 9.97. The number of carbonyl (C=O) groups is 1. The zero-order valence-corrected chi connectivity index (χ0v) is 12.0. The lowest BCUT2D eigenvalue weighted by molar-refractivity contribution is -0.126. The Morgan fingerprint density at radius 3 is 2.29 bits per heavy atom. The number of rotatable bonds is 0. The molecule has 0 N–H and O–H groups in total. The van der Waals surface area contributed by atoms with E-state index in [4.69, 9.17) is 51.1 Å². The highest BCUT2D eigenvalue weighted by Crippen LogP contribution is 2.52. The second-order valence-electron chi connectivity index (χ2n) is 3.98. The van der Waals surface area contributed by atoms with Crippen LogP contribution in [0.1, 0.15) is 16.7 Å². The molecule has 1 aliphatic heterocycles. The third kappa shape index (κ3) is 2.01. The van der Waals surface area contributed by atoms with Crippen LogP contribution in [0.15, 0.2) is 12.1 Å². The van der Waals surface area contributed by atoms with Crippen molar-refractivity contribution in [2.45, 2.75) is 22.7 Å². The van der Waals surface area contributed by atoms with Crippen LogP contribution >= 0.6 is 46.4 Å². The van der Waals surface area contributed by atoms with E-state index in [-0.39, 0.29) is 0 Å². The van der Waals surface area contributed by atoms with Crippen LogP contribution in [-0.2, 0) is 9.13 Å². The third-order valence-electron chi connectivity index (χ3n) is 2.55. The maximum absolute atomic E-state index is 11.9. The average molecular weight is 314 g/mol. The Kier molecular flexibility index (Phi) is 3.07. The topological polar surface area (TPSA) is 26.3 Å². The van der Waals surface area contributed by atoms with Gasteiger partial charge in [0.25, 0.3) is 0 Å². The first-order valence-corrected chi connectivity index (χ1v) is 6.28. The molecule has 0 unspecified atom stereocenters. The summed E-state index contributed by atoms with van der Waals surface area (Å²) < 4.78 is 1.39. The molecular weight excluding hydrogens is 306 g/mol. The quantitative estimate of drug-likeness (QED) is 0.676. The summed E-state index contributed by atoms with van der Waals surface area (Å²) >= 11 is 23.7. The van der Waals surface area contributed by atoms with Crippen molar-refractivity contribution >= 4 is 52.2 Å². The number of hydrogen-bond acceptors (Lipinski definition) is 2. The van der Waals surface area contributed by atoms with E-state index < -0.39 is 14.6 Å². The lowest BCUT2D eigenvalue weighted by Gasteiger charge is -2.35. The summed E-state index contributed by atoms with van der Waals surface area (Å²) in [6.07, 6.45) is 0. The zero-order chi connectivity index (χ0) is 13.0. The minimum atomic E-state index is -2.06. The molecule has 0 saturated carbocycles. The van der Waals surface area contributed by atoms with Crippen molar-refractivity contribution < 1.29 is 9.53 Å². The van der Waals surface area contributed by atoms with E-state index >= 15 is 0 Å². The van der Waals surface area contributed by atoms with Crippen LogP contribution in [0.4, 0.5) is 0 Å². The summed E-state index contributed by atoms with van der Waals surface area (Å²) in [7, 11) is 0. The van der Waals surface area contributed by atoms with Gasteiger partial charge in [0.15, 0.2) is 0 Å². The van der Waals surface area contributed by atoms with Gasteiger partial charge < -0.3 is 4.74 Å². The van der Waals surface area contributed by atoms with Crippen molar-refractivity contribution in [3.8, 4) is 5.75 Å². The highest BCUT2D eigenvalue weighted by Gasteiger charge is 2.56. The predicted octanol–water partition coefficient (Wildman–Crippen LogP) is 4.03. The first kappa shape index (κ1) is 13.3. The van der Waals surface area contributed by atoms with Gasteiger partial charge in [-0.15, -0.1) is 0 Å². The standard InChI is InChI=1S/C11H8Cl4O2/c1-5-3-6(2)8-7(4-5)17-11(14,15)9(16)10(8,12)13/h3-4H,1-2H3. The number of halogens is 4. The van der Waals surface area contributed by atoms with Gasteiger partial charge in [-0.1, -0.05) is 29.3 Å². The number of fused-ring (bicyclic) bond motifs is 1. The van der Waals surface area contributed by atoms with Crippen molar-refractivity contribution in [1.29, 1.82) is 0 Å². The molecule has 0 atom stereocenters. The summed E-state index contributed by atoms with van der Waals surface area (Å²) in [5, 5.41) is 0. The Bertz CT molecular complexity index is 508. The largest absolute Gasteiger partial charge is 0.451 e. The van der Waals surface area contributed by atoms with Crippen LogP contribution < -0.4 is 4.74 Å². The van der Waals surface area contributed by atoms with Crippen LogP contribution in [0.5, 0.6) is 5.75 Å². The van der Waals surface area contributed by atoms with Gasteiger partial charge in [0, 0.05) is 5.56 Å². The molecule has 17 heavy (non-hydrogen) atoms. The highest BCUT2D eigenvalue weighted by atomic mass is 35.5. The van der Waals surface area contributed by atoms with Crippen LogP contribution in [0.3, 0.4) is 0 Å². The maximum Gasteiger partial charge on any atom is 0.321 e. The van der Waals surface area contributed by atoms with Crippen molar-refractivity contribution in [2.24, 2.45) is 0 Å². The molecule has 0 aliphatic carbocycles. The van der Waals surface area contributed by atoms with E-state index in [2.05, 4.69) is 0 Å². The van der Waals surface area contributed by atoms with Gasteiger partial charge in [0.1, 0.15) is 5.75 Å². The number of benzene rings is 1. The van der Waals surface area contributed by atoms with E-state index in [0.29, 0.717) is 11.3 Å². The van der Waals surface area contributed by atoms with Gasteiger partial charge in [0.2, 0.25) is 10.1 Å². The predicted molar refractivity (Wildman–Crippen MR) is 69.4 cm³/mol. The lowest BCUT2D eigenvalue weighted by Crippen LogP contribution is -2.46. The summed E-state index contributed by atoms with van der Waals surface area (Å²) in [5.74, 6) is -0.465. The van der Waals surface area contributed by atoms with E-state index in [1.807, 2.05) is 13.0 Å². The molecule has 0 fully saturated rings. The van der Waals surface area contributed by atoms with Crippen molar-refractivity contribution in [3.63, 3.8) is 0 Å². The highest BCUT2D eigenvalue weighted by molar-refractivity contribution is 6.68. The number of alkyl halides is 4. The molecule has 92 valence electrons. The van der Waals surface area contributed by atoms with Gasteiger partial charge in [-0.3, -0.25) is 4.79 Å². The molecule has 1 aliphatic rings. The normalized spacial score (nSPS) is 20.7. The maximum atomic E-state index is 11.9. The fourth-order valence-electron chi connectivity index (χ4n) is 1.89. The molecule has 0 amide bonds. The third-order valence-corrected chi connectivity index (χ3v) is 3.76. The van der Waals surface area contributed by atoms with Crippen LogP contribution in [0, 0.1) is 13.8 Å². The molecule has 1 aromatic carbocycles. The van der Waals surface area contributed by atoms with Gasteiger partial charge in [0.05, 0.1) is 0 Å². The van der Waals surface area contributed by atoms with E-state index in [1.54, 1.807) is 13.0 Å². The summed E-state index contributed by atoms with van der Waals surface area (Å²) in [6, 6.07) is 3.54. The van der Waals surface area contributed by atoms with E-state index in [0.717, 1.165) is 11.1 Å². The summed E-state index contributed by atoms with van der Waals surface area (Å²) in [6.45, 7) is 3.67. The van der Waals surface area contributed by atoms with Gasteiger partial charge in [-0.2, -0.15) is 0 Å². The molecule has 2 rings (SSSR count). The molecule has 0 aromatic heterocycles. The fraction of sp³-hybridized carbons (Fsp3) is 0.364. The Labute approximate surface area is 119 Å². The molecule has 6 heteroatoms. The van der Waals surface area contributed by atoms with Crippen LogP contribution in [0.25, 0.3) is 0 Å². The van der Waals surface area contributed by atoms with Gasteiger partial charge >= 0.3 is 4.52 Å². The second kappa shape index (κ2) is 3.92. The number of ketones is 1. The van der Waals surface area contributed by atoms with E-state index in [9.17, 15) is 4.79 Å². The average Bonchev–Trinajstić information content (AvgIpc) is 2.12. The van der Waals surface area contributed by atoms with Crippen molar-refractivity contribution in [1.82, 2.24) is 0 Å². The summed E-state index contributed by atoms with van der Waals surface area (Å²) in [4.78, 5) is 11.9. The molecular formula is C11H8Cl4O2. The van der Waals surface area contributed by atoms with Crippen molar-refractivity contribution in [2.75, 3.05) is 0 Å². The number of Topliss-reactive ketones (excluding diaryl/α,β-unsaturated/α-hetero) is 1. The number of hydrogen-bond donors (Lipinski definition) is 0. The Balaban J connectivity index is 2.74. The number of carbonyl (C=O) groups excluding carboxylic acids is 1. The molecule has 0 radical (unpaired) electrons. The molecule has 0 spiro atoms. The van der Waals surface area contributed by atoms with Crippen LogP contribution in [-0.4, -0.2) is 10.3 Å². The molecule has 2 nitrogen and oxygen atoms in total. The Morgan fingerprint density at radius 2 is 1.71 bits per heavy atom. The van der Waals surface area contributed by atoms with Crippen molar-refractivity contribution in [3.05, 3.63) is 28.8 Å². The molecule has 0 saturated heterocycles. The van der Waals surface area contributed by atoms with Crippen LogP contribution in [0.2, 0.25) is 0 Å². The Hall–Kier alpha value is -0.150. The zero-order valence-electron chi connectivity index (χ0n) is 8.98. The first-order valence-electron chi connectivity index (χ1n) is 4.77. The number of aryl methyl sites for hydroxylation is 2.